The first kappa shape index (κ1) is 14.1. The van der Waals surface area contributed by atoms with E-state index in [1.54, 1.807) is 6.07 Å². The van der Waals surface area contributed by atoms with Gasteiger partial charge in [0.25, 0.3) is 0 Å². The van der Waals surface area contributed by atoms with Crippen molar-refractivity contribution in [2.45, 2.75) is 18.1 Å². The normalized spacial score (nSPS) is 25.0. The second-order valence-corrected chi connectivity index (χ2v) is 7.69. The van der Waals surface area contributed by atoms with E-state index in [1.165, 1.54) is 0 Å². The summed E-state index contributed by atoms with van der Waals surface area (Å²) in [5.74, 6) is -0.138. The molecular formula is C12H14Cl2O3S. The van der Waals surface area contributed by atoms with Gasteiger partial charge in [-0.25, -0.2) is 8.42 Å². The van der Waals surface area contributed by atoms with Crippen molar-refractivity contribution in [2.75, 3.05) is 13.2 Å². The molecule has 0 spiro atoms. The Morgan fingerprint density at radius 1 is 1.33 bits per heavy atom. The lowest BCUT2D eigenvalue weighted by Gasteiger charge is -2.29. The average molecular weight is 309 g/mol. The van der Waals surface area contributed by atoms with Crippen molar-refractivity contribution in [3.8, 4) is 0 Å². The van der Waals surface area contributed by atoms with Gasteiger partial charge in [0.1, 0.15) is 0 Å². The van der Waals surface area contributed by atoms with Crippen molar-refractivity contribution in [1.82, 2.24) is 0 Å². The van der Waals surface area contributed by atoms with Crippen LogP contribution in [0.2, 0.25) is 5.02 Å². The summed E-state index contributed by atoms with van der Waals surface area (Å²) in [6.45, 7) is 0.845. The first-order valence-electron chi connectivity index (χ1n) is 5.73. The van der Waals surface area contributed by atoms with E-state index < -0.39 is 14.3 Å². The summed E-state index contributed by atoms with van der Waals surface area (Å²) in [5.41, 5.74) is 0.931. The minimum Gasteiger partial charge on any atom is -0.381 e. The van der Waals surface area contributed by atoms with Crippen molar-refractivity contribution in [2.24, 2.45) is 5.92 Å². The van der Waals surface area contributed by atoms with Gasteiger partial charge in [0.2, 0.25) is 9.05 Å². The molecule has 18 heavy (non-hydrogen) atoms. The predicted molar refractivity (Wildman–Crippen MR) is 72.6 cm³/mol. The molecule has 0 aliphatic carbocycles. The van der Waals surface area contributed by atoms with Crippen molar-refractivity contribution in [1.29, 1.82) is 0 Å². The molecule has 1 heterocycles. The van der Waals surface area contributed by atoms with Crippen LogP contribution in [0.15, 0.2) is 24.3 Å². The molecule has 0 radical (unpaired) electrons. The maximum absolute atomic E-state index is 11.5. The Morgan fingerprint density at radius 2 is 2.06 bits per heavy atom. The summed E-state index contributed by atoms with van der Waals surface area (Å²) in [7, 11) is 1.94. The predicted octanol–water partition coefficient (Wildman–Crippen LogP) is 2.86. The average Bonchev–Trinajstić information content (AvgIpc) is 2.31. The highest BCUT2D eigenvalue weighted by atomic mass is 35.7. The van der Waals surface area contributed by atoms with Gasteiger partial charge in [-0.3, -0.25) is 0 Å². The first-order valence-corrected chi connectivity index (χ1v) is 8.48. The molecule has 6 heteroatoms. The van der Waals surface area contributed by atoms with Gasteiger partial charge in [0.05, 0.1) is 11.9 Å². The molecular weight excluding hydrogens is 295 g/mol. The van der Waals surface area contributed by atoms with Gasteiger partial charge in [-0.15, -0.1) is 0 Å². The lowest BCUT2D eigenvalue weighted by molar-refractivity contribution is 0.0577. The van der Waals surface area contributed by atoms with E-state index in [0.29, 0.717) is 31.1 Å². The molecule has 3 nitrogen and oxygen atoms in total. The van der Waals surface area contributed by atoms with Crippen LogP contribution in [0.3, 0.4) is 0 Å². The number of ether oxygens (including phenoxy) is 1. The highest BCUT2D eigenvalue weighted by Gasteiger charge is 2.35. The van der Waals surface area contributed by atoms with Gasteiger partial charge in [-0.2, -0.15) is 0 Å². The molecule has 2 atom stereocenters. The molecule has 0 unspecified atom stereocenters. The lowest BCUT2D eigenvalue weighted by atomic mass is 9.93. The van der Waals surface area contributed by atoms with E-state index in [0.717, 1.165) is 5.56 Å². The smallest absolute Gasteiger partial charge is 0.235 e. The highest BCUT2D eigenvalue weighted by molar-refractivity contribution is 8.14. The van der Waals surface area contributed by atoms with Gasteiger partial charge in [0.15, 0.2) is 0 Å². The van der Waals surface area contributed by atoms with Crippen molar-refractivity contribution in [3.63, 3.8) is 0 Å². The van der Waals surface area contributed by atoms with E-state index in [4.69, 9.17) is 27.0 Å². The topological polar surface area (TPSA) is 43.4 Å². The summed E-state index contributed by atoms with van der Waals surface area (Å²) in [5, 5.41) is 0.0954. The second kappa shape index (κ2) is 5.78. The van der Waals surface area contributed by atoms with E-state index in [2.05, 4.69) is 0 Å². The minimum atomic E-state index is -3.56. The maximum Gasteiger partial charge on any atom is 0.235 e. The number of halogens is 2. The minimum absolute atomic E-state index is 0.138. The SMILES string of the molecule is O=S(=O)(Cl)[C@@H]1CCOC[C@H]1Cc1ccccc1Cl. The van der Waals surface area contributed by atoms with Crippen LogP contribution < -0.4 is 0 Å². The first-order chi connectivity index (χ1) is 8.48. The molecule has 1 aliphatic rings. The van der Waals surface area contributed by atoms with Crippen molar-refractivity contribution >= 4 is 31.3 Å². The standard InChI is InChI=1S/C12H14Cl2O3S/c13-11-4-2-1-3-9(11)7-10-8-17-6-5-12(10)18(14,15)16/h1-4,10,12H,5-8H2/t10-,12-/m1/s1. The van der Waals surface area contributed by atoms with Crippen LogP contribution in [-0.2, 0) is 20.2 Å². The molecule has 1 aromatic rings. The van der Waals surface area contributed by atoms with Gasteiger partial charge in [0, 0.05) is 28.2 Å². The molecule has 1 aliphatic heterocycles. The zero-order valence-corrected chi connectivity index (χ0v) is 12.0. The van der Waals surface area contributed by atoms with Crippen LogP contribution in [0, 0.1) is 5.92 Å². The Labute approximate surface area is 116 Å². The van der Waals surface area contributed by atoms with E-state index in [9.17, 15) is 8.42 Å². The van der Waals surface area contributed by atoms with Gasteiger partial charge in [-0.05, 0) is 24.5 Å². The second-order valence-electron chi connectivity index (χ2n) is 4.43. The Morgan fingerprint density at radius 3 is 2.72 bits per heavy atom. The van der Waals surface area contributed by atoms with Gasteiger partial charge < -0.3 is 4.74 Å². The summed E-state index contributed by atoms with van der Waals surface area (Å²) >= 11 is 6.08. The van der Waals surface area contributed by atoms with Gasteiger partial charge in [-0.1, -0.05) is 29.8 Å². The van der Waals surface area contributed by atoms with Crippen LogP contribution in [0.25, 0.3) is 0 Å². The lowest BCUT2D eigenvalue weighted by Crippen LogP contribution is -2.37. The largest absolute Gasteiger partial charge is 0.381 e. The molecule has 2 rings (SSSR count). The van der Waals surface area contributed by atoms with Crippen LogP contribution in [0.4, 0.5) is 0 Å². The number of rotatable bonds is 3. The van der Waals surface area contributed by atoms with Crippen molar-refractivity contribution in [3.05, 3.63) is 34.9 Å². The fourth-order valence-corrected chi connectivity index (χ4v) is 4.21. The molecule has 0 aromatic heterocycles. The fourth-order valence-electron chi connectivity index (χ4n) is 2.28. The molecule has 100 valence electrons. The zero-order valence-electron chi connectivity index (χ0n) is 9.68. The number of benzene rings is 1. The zero-order chi connectivity index (χ0) is 13.2. The van der Waals surface area contributed by atoms with Crippen molar-refractivity contribution < 1.29 is 13.2 Å². The van der Waals surface area contributed by atoms with Crippen LogP contribution in [-0.4, -0.2) is 26.9 Å². The van der Waals surface area contributed by atoms with Gasteiger partial charge >= 0.3 is 0 Å². The number of hydrogen-bond acceptors (Lipinski definition) is 3. The summed E-state index contributed by atoms with van der Waals surface area (Å²) in [6, 6.07) is 7.42. The van der Waals surface area contributed by atoms with Crippen LogP contribution in [0.5, 0.6) is 0 Å². The summed E-state index contributed by atoms with van der Waals surface area (Å²) < 4.78 is 28.5. The molecule has 0 bridgehead atoms. The van der Waals surface area contributed by atoms with Crippen LogP contribution >= 0.6 is 22.3 Å². The highest BCUT2D eigenvalue weighted by Crippen LogP contribution is 2.29. The number of hydrogen-bond donors (Lipinski definition) is 0. The quantitative estimate of drug-likeness (QED) is 0.806. The van der Waals surface area contributed by atoms with E-state index >= 15 is 0 Å². The molecule has 0 saturated carbocycles. The Kier molecular flexibility index (Phi) is 4.54. The molecule has 0 amide bonds. The third-order valence-corrected chi connectivity index (χ3v) is 5.61. The van der Waals surface area contributed by atoms with Crippen LogP contribution in [0.1, 0.15) is 12.0 Å². The summed E-state index contributed by atoms with van der Waals surface area (Å²) in [6.07, 6.45) is 1.01. The Hall–Kier alpha value is -0.290. The third kappa shape index (κ3) is 3.38. The molecule has 0 N–H and O–H groups in total. The molecule has 1 aromatic carbocycles. The maximum atomic E-state index is 11.5. The Bertz CT molecular complexity index is 516. The Balaban J connectivity index is 2.18. The summed E-state index contributed by atoms with van der Waals surface area (Å²) in [4.78, 5) is 0. The monoisotopic (exact) mass is 308 g/mol. The molecule has 1 fully saturated rings. The van der Waals surface area contributed by atoms with E-state index in [1.807, 2.05) is 18.2 Å². The fraction of sp³-hybridized carbons (Fsp3) is 0.500. The molecule has 1 saturated heterocycles. The van der Waals surface area contributed by atoms with E-state index in [-0.39, 0.29) is 5.92 Å². The third-order valence-electron chi connectivity index (χ3n) is 3.21.